The van der Waals surface area contributed by atoms with Gasteiger partial charge < -0.3 is 0 Å². The topological polar surface area (TPSA) is 0 Å². The van der Waals surface area contributed by atoms with Crippen molar-refractivity contribution in [3.8, 4) is 0 Å². The van der Waals surface area contributed by atoms with Crippen LogP contribution in [-0.2, 0) is 5.41 Å². The van der Waals surface area contributed by atoms with E-state index in [1.807, 2.05) is 13.8 Å². The first kappa shape index (κ1) is 12.3. The van der Waals surface area contributed by atoms with Crippen molar-refractivity contribution >= 4 is 0 Å². The predicted molar refractivity (Wildman–Crippen MR) is 68.3 cm³/mol. The highest BCUT2D eigenvalue weighted by molar-refractivity contribution is 5.30. The molecule has 1 aromatic rings. The number of hydrogen-bond donors (Lipinski definition) is 0. The van der Waals surface area contributed by atoms with Crippen molar-refractivity contribution in [2.75, 3.05) is 0 Å². The van der Waals surface area contributed by atoms with Crippen LogP contribution in [0.4, 0.5) is 0 Å². The van der Waals surface area contributed by atoms with E-state index in [0.29, 0.717) is 5.41 Å². The summed E-state index contributed by atoms with van der Waals surface area (Å²) < 4.78 is 0. The van der Waals surface area contributed by atoms with Crippen LogP contribution in [0.5, 0.6) is 0 Å². The van der Waals surface area contributed by atoms with E-state index in [2.05, 4.69) is 38.1 Å². The molecule has 0 amide bonds. The second-order valence-corrected chi connectivity index (χ2v) is 4.35. The van der Waals surface area contributed by atoms with Gasteiger partial charge >= 0.3 is 0 Å². The fourth-order valence-corrected chi connectivity index (χ4v) is 2.36. The van der Waals surface area contributed by atoms with Gasteiger partial charge in [0.25, 0.3) is 0 Å². The average Bonchev–Trinajstić information content (AvgIpc) is 2.23. The molecule has 0 aromatic heterocycles. The summed E-state index contributed by atoms with van der Waals surface area (Å²) in [6.45, 7) is 8.47. The van der Waals surface area contributed by atoms with Gasteiger partial charge in [0, 0.05) is 0 Å². The summed E-state index contributed by atoms with van der Waals surface area (Å²) in [5, 5.41) is 0. The third kappa shape index (κ3) is 2.42. The minimum absolute atomic E-state index is 0.549. The van der Waals surface area contributed by atoms with Crippen molar-refractivity contribution in [3.05, 3.63) is 35.4 Å². The molecule has 15 heavy (non-hydrogen) atoms. The van der Waals surface area contributed by atoms with Gasteiger partial charge in [-0.05, 0) is 37.2 Å². The highest BCUT2D eigenvalue weighted by Crippen LogP contribution is 2.46. The Bertz CT molecular complexity index is 272. The first-order valence-corrected chi connectivity index (χ1v) is 6.34. The van der Waals surface area contributed by atoms with E-state index in [4.69, 9.17) is 0 Å². The van der Waals surface area contributed by atoms with E-state index >= 15 is 0 Å². The molecule has 0 aliphatic heterocycles. The highest BCUT2D eigenvalue weighted by atomic mass is 14.4. The normalized spacial score (nSPS) is 17.3. The maximum atomic E-state index is 2.32. The Morgan fingerprint density at radius 1 is 1.07 bits per heavy atom. The van der Waals surface area contributed by atoms with Gasteiger partial charge in [-0.2, -0.15) is 0 Å². The van der Waals surface area contributed by atoms with Crippen LogP contribution in [0.25, 0.3) is 0 Å². The SMILES string of the molecule is CC.CCC1(c2ccc(C)cc2)CCC1. The Kier molecular flexibility index (Phi) is 4.38. The van der Waals surface area contributed by atoms with Crippen LogP contribution in [0.3, 0.4) is 0 Å². The highest BCUT2D eigenvalue weighted by Gasteiger charge is 2.36. The van der Waals surface area contributed by atoms with Crippen molar-refractivity contribution < 1.29 is 0 Å². The van der Waals surface area contributed by atoms with E-state index in [0.717, 1.165) is 0 Å². The first-order chi connectivity index (χ1) is 7.27. The summed E-state index contributed by atoms with van der Waals surface area (Å²) in [4.78, 5) is 0. The summed E-state index contributed by atoms with van der Waals surface area (Å²) in [5.41, 5.74) is 3.48. The fourth-order valence-electron chi connectivity index (χ4n) is 2.36. The molecule has 0 N–H and O–H groups in total. The zero-order valence-electron chi connectivity index (χ0n) is 10.6. The molecule has 1 fully saturated rings. The van der Waals surface area contributed by atoms with Crippen molar-refractivity contribution in [3.63, 3.8) is 0 Å². The molecule has 2 rings (SSSR count). The van der Waals surface area contributed by atoms with Crippen LogP contribution < -0.4 is 0 Å². The molecule has 0 unspecified atom stereocenters. The maximum absolute atomic E-state index is 2.32. The molecule has 84 valence electrons. The standard InChI is InChI=1S/C13H18.C2H6/c1-3-13(9-4-10-13)12-7-5-11(2)6-8-12;1-2/h5-8H,3-4,9-10H2,1-2H3;1-2H3. The van der Waals surface area contributed by atoms with Crippen molar-refractivity contribution in [2.24, 2.45) is 0 Å². The number of aryl methyl sites for hydroxylation is 1. The van der Waals surface area contributed by atoms with E-state index < -0.39 is 0 Å². The second-order valence-electron chi connectivity index (χ2n) is 4.35. The van der Waals surface area contributed by atoms with Gasteiger partial charge in [-0.1, -0.05) is 57.0 Å². The van der Waals surface area contributed by atoms with Gasteiger partial charge in [-0.15, -0.1) is 0 Å². The van der Waals surface area contributed by atoms with E-state index in [1.54, 1.807) is 5.56 Å². The van der Waals surface area contributed by atoms with Crippen molar-refractivity contribution in [1.29, 1.82) is 0 Å². The van der Waals surface area contributed by atoms with Crippen molar-refractivity contribution in [1.82, 2.24) is 0 Å². The van der Waals surface area contributed by atoms with Gasteiger partial charge in [0.15, 0.2) is 0 Å². The lowest BCUT2D eigenvalue weighted by molar-refractivity contribution is 0.235. The van der Waals surface area contributed by atoms with Crippen LogP contribution in [-0.4, -0.2) is 0 Å². The third-order valence-corrected chi connectivity index (χ3v) is 3.65. The Hall–Kier alpha value is -0.780. The van der Waals surface area contributed by atoms with Crippen LogP contribution >= 0.6 is 0 Å². The second kappa shape index (κ2) is 5.34. The van der Waals surface area contributed by atoms with Crippen LogP contribution in [0.2, 0.25) is 0 Å². The molecule has 0 nitrogen and oxygen atoms in total. The molecule has 0 saturated heterocycles. The molecule has 0 atom stereocenters. The molecular formula is C15H24. The minimum atomic E-state index is 0.549. The summed E-state index contributed by atoms with van der Waals surface area (Å²) >= 11 is 0. The zero-order valence-corrected chi connectivity index (χ0v) is 10.6. The Morgan fingerprint density at radius 2 is 1.60 bits per heavy atom. The van der Waals surface area contributed by atoms with Crippen LogP contribution in [0.15, 0.2) is 24.3 Å². The lowest BCUT2D eigenvalue weighted by Gasteiger charge is -2.42. The predicted octanol–water partition coefficient (Wildman–Crippen LogP) is 4.85. The van der Waals surface area contributed by atoms with Gasteiger partial charge in [0.1, 0.15) is 0 Å². The lowest BCUT2D eigenvalue weighted by atomic mass is 9.63. The average molecular weight is 204 g/mol. The Morgan fingerprint density at radius 3 is 1.93 bits per heavy atom. The third-order valence-electron chi connectivity index (χ3n) is 3.65. The first-order valence-electron chi connectivity index (χ1n) is 6.34. The summed E-state index contributed by atoms with van der Waals surface area (Å²) in [7, 11) is 0. The van der Waals surface area contributed by atoms with E-state index in [-0.39, 0.29) is 0 Å². The fraction of sp³-hybridized carbons (Fsp3) is 0.600. The van der Waals surface area contributed by atoms with Crippen LogP contribution in [0, 0.1) is 6.92 Å². The molecule has 1 saturated carbocycles. The summed E-state index contributed by atoms with van der Waals surface area (Å²) in [6.07, 6.45) is 5.51. The monoisotopic (exact) mass is 204 g/mol. The molecule has 0 radical (unpaired) electrons. The molecule has 1 aliphatic carbocycles. The molecule has 1 aromatic carbocycles. The molecule has 0 spiro atoms. The zero-order chi connectivity index (χ0) is 11.3. The largest absolute Gasteiger partial charge is 0.0683 e. The van der Waals surface area contributed by atoms with E-state index in [9.17, 15) is 0 Å². The lowest BCUT2D eigenvalue weighted by Crippen LogP contribution is -2.33. The van der Waals surface area contributed by atoms with Crippen molar-refractivity contribution in [2.45, 2.75) is 58.8 Å². The van der Waals surface area contributed by atoms with Gasteiger partial charge in [-0.25, -0.2) is 0 Å². The summed E-state index contributed by atoms with van der Waals surface area (Å²) in [5.74, 6) is 0. The maximum Gasteiger partial charge on any atom is -0.00496 e. The van der Waals surface area contributed by atoms with Gasteiger partial charge in [-0.3, -0.25) is 0 Å². The molecule has 0 bridgehead atoms. The van der Waals surface area contributed by atoms with Crippen LogP contribution in [0.1, 0.15) is 57.6 Å². The van der Waals surface area contributed by atoms with Gasteiger partial charge in [0.2, 0.25) is 0 Å². The Labute approximate surface area is 94.7 Å². The minimum Gasteiger partial charge on any atom is -0.0683 e. The molecular weight excluding hydrogens is 180 g/mol. The smallest absolute Gasteiger partial charge is 0.00496 e. The molecule has 0 heterocycles. The number of benzene rings is 1. The number of rotatable bonds is 2. The quantitative estimate of drug-likeness (QED) is 0.646. The number of hydrogen-bond acceptors (Lipinski definition) is 0. The molecule has 0 heteroatoms. The van der Waals surface area contributed by atoms with Gasteiger partial charge in [0.05, 0.1) is 0 Å². The Balaban J connectivity index is 0.000000531. The molecule has 1 aliphatic rings. The summed E-state index contributed by atoms with van der Waals surface area (Å²) in [6, 6.07) is 9.12. The van der Waals surface area contributed by atoms with E-state index in [1.165, 1.54) is 31.2 Å².